The predicted molar refractivity (Wildman–Crippen MR) is 76.9 cm³/mol. The SMILES string of the molecule is CN1CCN(CCCNC(=O)C(C)(N)C2CC2)CC1. The Kier molecular flexibility index (Phi) is 4.81. The number of likely N-dealkylation sites (N-methyl/N-ethyl adjacent to an activating group) is 1. The van der Waals surface area contributed by atoms with Crippen LogP contribution in [-0.2, 0) is 4.79 Å². The molecular weight excluding hydrogens is 240 g/mol. The van der Waals surface area contributed by atoms with Crippen molar-refractivity contribution in [3.8, 4) is 0 Å². The average Bonchev–Trinajstić information content (AvgIpc) is 3.21. The summed E-state index contributed by atoms with van der Waals surface area (Å²) in [6.45, 7) is 8.25. The second-order valence-corrected chi connectivity index (χ2v) is 6.31. The zero-order valence-electron chi connectivity index (χ0n) is 12.3. The lowest BCUT2D eigenvalue weighted by molar-refractivity contribution is -0.126. The quantitative estimate of drug-likeness (QED) is 0.659. The Morgan fingerprint density at radius 3 is 2.53 bits per heavy atom. The van der Waals surface area contributed by atoms with E-state index in [0.29, 0.717) is 5.92 Å². The third-order valence-corrected chi connectivity index (χ3v) is 4.45. The van der Waals surface area contributed by atoms with Crippen molar-refractivity contribution >= 4 is 5.91 Å². The van der Waals surface area contributed by atoms with Crippen molar-refractivity contribution in [1.82, 2.24) is 15.1 Å². The van der Waals surface area contributed by atoms with Gasteiger partial charge in [-0.25, -0.2) is 0 Å². The highest BCUT2D eigenvalue weighted by Crippen LogP contribution is 2.38. The Balaban J connectivity index is 1.57. The van der Waals surface area contributed by atoms with Gasteiger partial charge in [0.25, 0.3) is 0 Å². The van der Waals surface area contributed by atoms with Crippen LogP contribution in [-0.4, -0.2) is 67.6 Å². The maximum absolute atomic E-state index is 12.0. The fraction of sp³-hybridized carbons (Fsp3) is 0.929. The summed E-state index contributed by atoms with van der Waals surface area (Å²) in [5.41, 5.74) is 5.42. The van der Waals surface area contributed by atoms with Crippen LogP contribution in [0, 0.1) is 5.92 Å². The third-order valence-electron chi connectivity index (χ3n) is 4.45. The van der Waals surface area contributed by atoms with Gasteiger partial charge in [-0.2, -0.15) is 0 Å². The first-order valence-corrected chi connectivity index (χ1v) is 7.48. The molecule has 5 nitrogen and oxygen atoms in total. The molecule has 2 aliphatic rings. The monoisotopic (exact) mass is 268 g/mol. The fourth-order valence-corrected chi connectivity index (χ4v) is 2.63. The Labute approximate surface area is 116 Å². The minimum Gasteiger partial charge on any atom is -0.354 e. The standard InChI is InChI=1S/C14H28N4O/c1-14(15,12-4-5-12)13(19)16-6-3-7-18-10-8-17(2)9-11-18/h12H,3-11,15H2,1-2H3,(H,16,19). The van der Waals surface area contributed by atoms with Gasteiger partial charge in [0.1, 0.15) is 0 Å². The zero-order valence-corrected chi connectivity index (χ0v) is 12.3. The van der Waals surface area contributed by atoms with Gasteiger partial charge >= 0.3 is 0 Å². The molecule has 2 fully saturated rings. The maximum atomic E-state index is 12.0. The maximum Gasteiger partial charge on any atom is 0.240 e. The van der Waals surface area contributed by atoms with E-state index in [2.05, 4.69) is 22.2 Å². The van der Waals surface area contributed by atoms with E-state index in [1.54, 1.807) is 0 Å². The molecule has 0 aromatic carbocycles. The van der Waals surface area contributed by atoms with Crippen molar-refractivity contribution in [1.29, 1.82) is 0 Å². The Morgan fingerprint density at radius 1 is 1.32 bits per heavy atom. The number of hydrogen-bond acceptors (Lipinski definition) is 4. The van der Waals surface area contributed by atoms with Crippen LogP contribution in [0.2, 0.25) is 0 Å². The molecule has 0 spiro atoms. The number of piperazine rings is 1. The lowest BCUT2D eigenvalue weighted by Crippen LogP contribution is -2.53. The fourth-order valence-electron chi connectivity index (χ4n) is 2.63. The number of amides is 1. The van der Waals surface area contributed by atoms with Crippen molar-refractivity contribution in [2.45, 2.75) is 31.7 Å². The lowest BCUT2D eigenvalue weighted by Gasteiger charge is -2.32. The van der Waals surface area contributed by atoms with Crippen LogP contribution >= 0.6 is 0 Å². The molecule has 0 bridgehead atoms. The number of rotatable bonds is 6. The Bertz CT molecular complexity index is 307. The molecule has 1 aliphatic carbocycles. The molecule has 1 aliphatic heterocycles. The highest BCUT2D eigenvalue weighted by molar-refractivity contribution is 5.86. The van der Waals surface area contributed by atoms with Crippen molar-refractivity contribution in [3.05, 3.63) is 0 Å². The van der Waals surface area contributed by atoms with Crippen LogP contribution in [0.5, 0.6) is 0 Å². The third kappa shape index (κ3) is 4.16. The van der Waals surface area contributed by atoms with Crippen LogP contribution in [0.4, 0.5) is 0 Å². The molecule has 19 heavy (non-hydrogen) atoms. The van der Waals surface area contributed by atoms with E-state index in [4.69, 9.17) is 5.73 Å². The minimum atomic E-state index is -0.659. The van der Waals surface area contributed by atoms with E-state index in [9.17, 15) is 4.79 Å². The van der Waals surface area contributed by atoms with Crippen LogP contribution < -0.4 is 11.1 Å². The molecule has 1 saturated carbocycles. The molecule has 1 amide bonds. The van der Waals surface area contributed by atoms with Crippen molar-refractivity contribution in [2.75, 3.05) is 46.3 Å². The molecule has 110 valence electrons. The first-order valence-electron chi connectivity index (χ1n) is 7.48. The summed E-state index contributed by atoms with van der Waals surface area (Å²) in [6, 6.07) is 0. The molecule has 5 heteroatoms. The van der Waals surface area contributed by atoms with Crippen molar-refractivity contribution < 1.29 is 4.79 Å². The Hall–Kier alpha value is -0.650. The molecule has 1 unspecified atom stereocenters. The molecule has 0 radical (unpaired) electrons. The van der Waals surface area contributed by atoms with Gasteiger partial charge in [0.2, 0.25) is 5.91 Å². The first-order chi connectivity index (χ1) is 9.00. The van der Waals surface area contributed by atoms with Gasteiger partial charge in [0.15, 0.2) is 0 Å². The summed E-state index contributed by atoms with van der Waals surface area (Å²) in [5.74, 6) is 0.415. The van der Waals surface area contributed by atoms with Gasteiger partial charge in [-0.05, 0) is 45.7 Å². The summed E-state index contributed by atoms with van der Waals surface area (Å²) in [5, 5.41) is 2.99. The highest BCUT2D eigenvalue weighted by atomic mass is 16.2. The second kappa shape index (κ2) is 6.20. The lowest BCUT2D eigenvalue weighted by atomic mass is 9.96. The summed E-state index contributed by atoms with van der Waals surface area (Å²) in [4.78, 5) is 16.8. The normalized spacial score (nSPS) is 25.0. The van der Waals surface area contributed by atoms with Crippen LogP contribution in [0.15, 0.2) is 0 Å². The number of carbonyl (C=O) groups excluding carboxylic acids is 1. The summed E-state index contributed by atoms with van der Waals surface area (Å²) >= 11 is 0. The number of carbonyl (C=O) groups is 1. The van der Waals surface area contributed by atoms with E-state index in [-0.39, 0.29) is 5.91 Å². The van der Waals surface area contributed by atoms with Gasteiger partial charge in [0.05, 0.1) is 5.54 Å². The molecular formula is C14H28N4O. The number of nitrogens with one attached hydrogen (secondary N) is 1. The smallest absolute Gasteiger partial charge is 0.240 e. The number of hydrogen-bond donors (Lipinski definition) is 2. The average molecular weight is 268 g/mol. The predicted octanol–water partition coefficient (Wildman–Crippen LogP) is -0.132. The number of nitrogens with two attached hydrogens (primary N) is 1. The molecule has 3 N–H and O–H groups in total. The van der Waals surface area contributed by atoms with Crippen molar-refractivity contribution in [3.63, 3.8) is 0 Å². The first kappa shape index (κ1) is 14.8. The highest BCUT2D eigenvalue weighted by Gasteiger charge is 2.43. The van der Waals surface area contributed by atoms with Gasteiger partial charge in [-0.15, -0.1) is 0 Å². The van der Waals surface area contributed by atoms with Crippen LogP contribution in [0.25, 0.3) is 0 Å². The molecule has 2 rings (SSSR count). The van der Waals surface area contributed by atoms with Crippen molar-refractivity contribution in [2.24, 2.45) is 11.7 Å². The van der Waals surface area contributed by atoms with Gasteiger partial charge in [-0.3, -0.25) is 4.79 Å². The Morgan fingerprint density at radius 2 is 1.95 bits per heavy atom. The van der Waals surface area contributed by atoms with Gasteiger partial charge < -0.3 is 20.9 Å². The second-order valence-electron chi connectivity index (χ2n) is 6.31. The van der Waals surface area contributed by atoms with Gasteiger partial charge in [-0.1, -0.05) is 0 Å². The summed E-state index contributed by atoms with van der Waals surface area (Å²) in [7, 11) is 2.16. The van der Waals surface area contributed by atoms with E-state index in [1.165, 1.54) is 0 Å². The molecule has 0 aromatic rings. The van der Waals surface area contributed by atoms with E-state index < -0.39 is 5.54 Å². The molecule has 1 heterocycles. The number of nitrogens with zero attached hydrogens (tertiary/aromatic N) is 2. The van der Waals surface area contributed by atoms with E-state index in [0.717, 1.165) is 58.5 Å². The van der Waals surface area contributed by atoms with Gasteiger partial charge in [0, 0.05) is 32.7 Å². The minimum absolute atomic E-state index is 0.0216. The molecule has 1 atom stereocenters. The largest absolute Gasteiger partial charge is 0.354 e. The molecule has 0 aromatic heterocycles. The van der Waals surface area contributed by atoms with E-state index >= 15 is 0 Å². The van der Waals surface area contributed by atoms with E-state index in [1.807, 2.05) is 6.92 Å². The molecule has 1 saturated heterocycles. The zero-order chi connectivity index (χ0) is 13.9. The topological polar surface area (TPSA) is 61.6 Å². The summed E-state index contributed by atoms with van der Waals surface area (Å²) < 4.78 is 0. The van der Waals surface area contributed by atoms with Crippen LogP contribution in [0.1, 0.15) is 26.2 Å². The summed E-state index contributed by atoms with van der Waals surface area (Å²) in [6.07, 6.45) is 3.21. The van der Waals surface area contributed by atoms with Crippen LogP contribution in [0.3, 0.4) is 0 Å².